The molecule has 0 radical (unpaired) electrons. The number of rotatable bonds is 5. The molecule has 0 atom stereocenters. The SMILES string of the molecule is CCc1ccc(NC2=C(c3cccs3)C(=O)N(c3ccccc3F)C2=O)cc1. The largest absolute Gasteiger partial charge is 0.350 e. The summed E-state index contributed by atoms with van der Waals surface area (Å²) >= 11 is 1.36. The predicted molar refractivity (Wildman–Crippen MR) is 110 cm³/mol. The van der Waals surface area contributed by atoms with Crippen LogP contribution in [0.1, 0.15) is 17.4 Å². The van der Waals surface area contributed by atoms with Gasteiger partial charge in [0.25, 0.3) is 11.8 Å². The van der Waals surface area contributed by atoms with Crippen molar-refractivity contribution in [2.75, 3.05) is 10.2 Å². The molecule has 0 spiro atoms. The average molecular weight is 392 g/mol. The van der Waals surface area contributed by atoms with E-state index in [4.69, 9.17) is 0 Å². The molecule has 0 fully saturated rings. The zero-order valence-electron chi connectivity index (χ0n) is 15.1. The van der Waals surface area contributed by atoms with E-state index in [1.807, 2.05) is 35.7 Å². The van der Waals surface area contributed by atoms with Gasteiger partial charge in [0.05, 0.1) is 11.3 Å². The van der Waals surface area contributed by atoms with Crippen molar-refractivity contribution in [1.82, 2.24) is 0 Å². The molecule has 6 heteroatoms. The number of aryl methyl sites for hydroxylation is 1. The Bertz CT molecular complexity index is 1070. The number of para-hydroxylation sites is 1. The molecule has 0 unspecified atom stereocenters. The van der Waals surface area contributed by atoms with Crippen molar-refractivity contribution in [2.45, 2.75) is 13.3 Å². The van der Waals surface area contributed by atoms with E-state index in [0.29, 0.717) is 10.6 Å². The van der Waals surface area contributed by atoms with Crippen LogP contribution in [0, 0.1) is 5.82 Å². The summed E-state index contributed by atoms with van der Waals surface area (Å²) in [6.45, 7) is 2.06. The Kier molecular flexibility index (Phi) is 4.79. The van der Waals surface area contributed by atoms with E-state index in [1.54, 1.807) is 12.1 Å². The molecule has 4 rings (SSSR count). The van der Waals surface area contributed by atoms with Gasteiger partial charge >= 0.3 is 0 Å². The summed E-state index contributed by atoms with van der Waals surface area (Å²) in [5.74, 6) is -1.73. The minimum Gasteiger partial charge on any atom is -0.350 e. The molecule has 0 saturated carbocycles. The molecule has 0 aliphatic carbocycles. The number of halogens is 1. The fourth-order valence-electron chi connectivity index (χ4n) is 3.12. The molecule has 1 aliphatic heterocycles. The number of carbonyl (C=O) groups is 2. The van der Waals surface area contributed by atoms with E-state index >= 15 is 0 Å². The number of nitrogens with one attached hydrogen (secondary N) is 1. The lowest BCUT2D eigenvalue weighted by molar-refractivity contribution is -0.120. The first-order valence-corrected chi connectivity index (χ1v) is 9.75. The van der Waals surface area contributed by atoms with Gasteiger partial charge in [-0.05, 0) is 47.7 Å². The number of hydrogen-bond donors (Lipinski definition) is 1. The molecule has 0 saturated heterocycles. The summed E-state index contributed by atoms with van der Waals surface area (Å²) in [5.41, 5.74) is 2.21. The van der Waals surface area contributed by atoms with Crippen LogP contribution in [0.25, 0.3) is 5.57 Å². The van der Waals surface area contributed by atoms with Crippen LogP contribution in [0.2, 0.25) is 0 Å². The molecule has 140 valence electrons. The fourth-order valence-corrected chi connectivity index (χ4v) is 3.88. The topological polar surface area (TPSA) is 49.4 Å². The van der Waals surface area contributed by atoms with Crippen molar-refractivity contribution in [3.05, 3.63) is 88.0 Å². The van der Waals surface area contributed by atoms with Crippen molar-refractivity contribution in [3.8, 4) is 0 Å². The maximum absolute atomic E-state index is 14.3. The number of hydrogen-bond acceptors (Lipinski definition) is 4. The maximum Gasteiger partial charge on any atom is 0.282 e. The highest BCUT2D eigenvalue weighted by atomic mass is 32.1. The van der Waals surface area contributed by atoms with Gasteiger partial charge in [-0.25, -0.2) is 9.29 Å². The fraction of sp³-hybridized carbons (Fsp3) is 0.0909. The van der Waals surface area contributed by atoms with Crippen molar-refractivity contribution in [1.29, 1.82) is 0 Å². The summed E-state index contributed by atoms with van der Waals surface area (Å²) in [5, 5.41) is 4.91. The minimum absolute atomic E-state index is 0.0512. The lowest BCUT2D eigenvalue weighted by atomic mass is 10.1. The molecule has 2 heterocycles. The van der Waals surface area contributed by atoms with E-state index in [-0.39, 0.29) is 17.0 Å². The Hall–Kier alpha value is -3.25. The minimum atomic E-state index is -0.622. The smallest absolute Gasteiger partial charge is 0.282 e. The van der Waals surface area contributed by atoms with Crippen molar-refractivity contribution < 1.29 is 14.0 Å². The Morgan fingerprint density at radius 1 is 0.964 bits per heavy atom. The first kappa shape index (κ1) is 18.1. The highest BCUT2D eigenvalue weighted by Gasteiger charge is 2.41. The Morgan fingerprint density at radius 3 is 2.36 bits per heavy atom. The molecule has 28 heavy (non-hydrogen) atoms. The van der Waals surface area contributed by atoms with Crippen LogP contribution < -0.4 is 10.2 Å². The Labute approximate surface area is 165 Å². The van der Waals surface area contributed by atoms with Gasteiger partial charge in [0.1, 0.15) is 11.5 Å². The second-order valence-electron chi connectivity index (χ2n) is 6.30. The first-order valence-electron chi connectivity index (χ1n) is 8.87. The molecule has 1 aromatic heterocycles. The second-order valence-corrected chi connectivity index (χ2v) is 7.25. The van der Waals surface area contributed by atoms with Gasteiger partial charge in [0.2, 0.25) is 0 Å². The standard InChI is InChI=1S/C22H17FN2O2S/c1-2-14-9-11-15(12-10-14)24-20-19(18-8-5-13-28-18)21(26)25(22(20)27)17-7-4-3-6-16(17)23/h3-13,24H,2H2,1H3. The normalized spacial score (nSPS) is 14.1. The molecular weight excluding hydrogens is 375 g/mol. The van der Waals surface area contributed by atoms with Crippen LogP contribution in [-0.2, 0) is 16.0 Å². The number of anilines is 2. The molecule has 2 aromatic carbocycles. The number of thiophene rings is 1. The molecule has 1 N–H and O–H groups in total. The summed E-state index contributed by atoms with van der Waals surface area (Å²) in [6.07, 6.45) is 0.905. The summed E-state index contributed by atoms with van der Waals surface area (Å²) < 4.78 is 14.3. The zero-order chi connectivity index (χ0) is 19.7. The van der Waals surface area contributed by atoms with Gasteiger partial charge in [-0.1, -0.05) is 37.3 Å². The number of amides is 2. The monoisotopic (exact) mass is 392 g/mol. The van der Waals surface area contributed by atoms with Gasteiger partial charge in [0.15, 0.2) is 0 Å². The van der Waals surface area contributed by atoms with E-state index in [0.717, 1.165) is 11.3 Å². The van der Waals surface area contributed by atoms with Crippen LogP contribution in [0.4, 0.5) is 15.8 Å². The summed E-state index contributed by atoms with van der Waals surface area (Å²) in [6, 6.07) is 17.0. The quantitative estimate of drug-likeness (QED) is 0.632. The van der Waals surface area contributed by atoms with Gasteiger partial charge in [-0.2, -0.15) is 0 Å². The number of nitrogens with zero attached hydrogens (tertiary/aromatic N) is 1. The van der Waals surface area contributed by atoms with Crippen LogP contribution >= 0.6 is 11.3 Å². The molecule has 1 aliphatic rings. The highest BCUT2D eigenvalue weighted by molar-refractivity contribution is 7.11. The summed E-state index contributed by atoms with van der Waals surface area (Å²) in [4.78, 5) is 27.8. The van der Waals surface area contributed by atoms with Crippen molar-refractivity contribution in [2.24, 2.45) is 0 Å². The predicted octanol–water partition coefficient (Wildman–Crippen LogP) is 4.85. The van der Waals surface area contributed by atoms with Crippen LogP contribution in [0.3, 0.4) is 0 Å². The first-order chi connectivity index (χ1) is 13.6. The number of carbonyl (C=O) groups excluding carboxylic acids is 2. The van der Waals surface area contributed by atoms with E-state index in [2.05, 4.69) is 12.2 Å². The molecular formula is C22H17FN2O2S. The Morgan fingerprint density at radius 2 is 1.71 bits per heavy atom. The second kappa shape index (κ2) is 7.40. The third kappa shape index (κ3) is 3.12. The van der Waals surface area contributed by atoms with Gasteiger partial charge in [-0.15, -0.1) is 11.3 Å². The third-order valence-corrected chi connectivity index (χ3v) is 5.46. The molecule has 0 bridgehead atoms. The van der Waals surface area contributed by atoms with Gasteiger partial charge in [0, 0.05) is 10.6 Å². The highest BCUT2D eigenvalue weighted by Crippen LogP contribution is 2.36. The third-order valence-electron chi connectivity index (χ3n) is 4.58. The Balaban J connectivity index is 1.78. The average Bonchev–Trinajstić information content (AvgIpc) is 3.31. The summed E-state index contributed by atoms with van der Waals surface area (Å²) in [7, 11) is 0. The number of benzene rings is 2. The van der Waals surface area contributed by atoms with E-state index in [9.17, 15) is 14.0 Å². The van der Waals surface area contributed by atoms with E-state index in [1.165, 1.54) is 35.1 Å². The van der Waals surface area contributed by atoms with Crippen molar-refractivity contribution >= 4 is 40.1 Å². The van der Waals surface area contributed by atoms with Crippen LogP contribution in [-0.4, -0.2) is 11.8 Å². The van der Waals surface area contributed by atoms with Crippen molar-refractivity contribution in [3.63, 3.8) is 0 Å². The van der Waals surface area contributed by atoms with Gasteiger partial charge < -0.3 is 5.32 Å². The van der Waals surface area contributed by atoms with Crippen LogP contribution in [0.15, 0.2) is 71.7 Å². The molecule has 4 nitrogen and oxygen atoms in total. The van der Waals surface area contributed by atoms with E-state index < -0.39 is 17.6 Å². The molecule has 3 aromatic rings. The molecule has 2 amide bonds. The van der Waals surface area contributed by atoms with Gasteiger partial charge in [-0.3, -0.25) is 9.59 Å². The maximum atomic E-state index is 14.3. The lowest BCUT2D eigenvalue weighted by Gasteiger charge is -2.16. The number of imide groups is 1. The zero-order valence-corrected chi connectivity index (χ0v) is 15.9. The lowest BCUT2D eigenvalue weighted by Crippen LogP contribution is -2.33. The van der Waals surface area contributed by atoms with Crippen LogP contribution in [0.5, 0.6) is 0 Å².